The zero-order valence-electron chi connectivity index (χ0n) is 12.9. The molecule has 0 aliphatic heterocycles. The van der Waals surface area contributed by atoms with Crippen molar-refractivity contribution in [3.8, 4) is 0 Å². The highest BCUT2D eigenvalue weighted by Crippen LogP contribution is 2.36. The third-order valence-electron chi connectivity index (χ3n) is 3.34. The van der Waals surface area contributed by atoms with Crippen molar-refractivity contribution in [2.45, 2.75) is 6.18 Å². The predicted octanol–water partition coefficient (Wildman–Crippen LogP) is 4.98. The number of esters is 1. The van der Waals surface area contributed by atoms with Crippen LogP contribution in [0.15, 0.2) is 24.3 Å². The Morgan fingerprint density at radius 3 is 2.35 bits per heavy atom. The fourth-order valence-electron chi connectivity index (χ4n) is 2.11. The molecule has 2 aromatic rings. The van der Waals surface area contributed by atoms with Crippen molar-refractivity contribution in [3.63, 3.8) is 0 Å². The Balaban J connectivity index is 2.66. The number of hydrogen-bond acceptors (Lipinski definition) is 4. The van der Waals surface area contributed by atoms with Crippen LogP contribution in [0.1, 0.15) is 26.3 Å². The van der Waals surface area contributed by atoms with Crippen molar-refractivity contribution in [2.24, 2.45) is 0 Å². The van der Waals surface area contributed by atoms with Crippen LogP contribution in [0.4, 0.5) is 33.3 Å². The number of benzene rings is 2. The van der Waals surface area contributed by atoms with E-state index in [0.717, 1.165) is 19.2 Å². The lowest BCUT2D eigenvalue weighted by Gasteiger charge is -2.16. The third kappa shape index (κ3) is 3.77. The van der Waals surface area contributed by atoms with Crippen molar-refractivity contribution >= 4 is 35.2 Å². The van der Waals surface area contributed by atoms with Gasteiger partial charge < -0.3 is 10.1 Å². The van der Waals surface area contributed by atoms with Crippen molar-refractivity contribution in [2.75, 3.05) is 12.4 Å². The monoisotopic (exact) mass is 393 g/mol. The number of anilines is 2. The van der Waals surface area contributed by atoms with E-state index >= 15 is 0 Å². The highest BCUT2D eigenvalue weighted by Gasteiger charge is 2.36. The lowest BCUT2D eigenvalue weighted by atomic mass is 10.1. The van der Waals surface area contributed by atoms with Crippen LogP contribution in [0, 0.1) is 11.6 Å². The average molecular weight is 394 g/mol. The van der Waals surface area contributed by atoms with E-state index in [4.69, 9.17) is 11.6 Å². The Kier molecular flexibility index (Phi) is 5.50. The number of carbonyl (C=O) groups is 2. The number of nitrogens with one attached hydrogen (secondary N) is 1. The summed E-state index contributed by atoms with van der Waals surface area (Å²) >= 11 is 5.65. The van der Waals surface area contributed by atoms with Crippen LogP contribution in [-0.4, -0.2) is 19.4 Å². The average Bonchev–Trinajstić information content (AvgIpc) is 2.57. The van der Waals surface area contributed by atoms with E-state index in [-0.39, 0.29) is 17.5 Å². The maximum Gasteiger partial charge on any atom is 0.419 e. The van der Waals surface area contributed by atoms with Crippen molar-refractivity contribution < 1.29 is 36.3 Å². The molecule has 0 aromatic heterocycles. The number of carbonyl (C=O) groups excluding carboxylic acids is 2. The predicted molar refractivity (Wildman–Crippen MR) is 82.8 cm³/mol. The van der Waals surface area contributed by atoms with Crippen LogP contribution < -0.4 is 5.32 Å². The van der Waals surface area contributed by atoms with Gasteiger partial charge in [-0.15, -0.1) is 0 Å². The van der Waals surface area contributed by atoms with Gasteiger partial charge in [-0.05, 0) is 24.3 Å². The molecule has 0 radical (unpaired) electrons. The summed E-state index contributed by atoms with van der Waals surface area (Å²) in [7, 11) is 0.952. The van der Waals surface area contributed by atoms with E-state index < -0.39 is 45.6 Å². The van der Waals surface area contributed by atoms with Crippen molar-refractivity contribution in [1.82, 2.24) is 0 Å². The Bertz CT molecular complexity index is 883. The highest BCUT2D eigenvalue weighted by atomic mass is 35.5. The lowest BCUT2D eigenvalue weighted by molar-refractivity contribution is -0.139. The largest absolute Gasteiger partial charge is 0.465 e. The van der Waals surface area contributed by atoms with E-state index in [1.54, 1.807) is 0 Å². The topological polar surface area (TPSA) is 55.4 Å². The first kappa shape index (κ1) is 19.6. The normalized spacial score (nSPS) is 11.2. The van der Waals surface area contributed by atoms with E-state index in [1.807, 2.05) is 0 Å². The lowest BCUT2D eigenvalue weighted by Crippen LogP contribution is -2.13. The molecule has 0 atom stereocenters. The van der Waals surface area contributed by atoms with E-state index in [9.17, 15) is 31.5 Å². The van der Waals surface area contributed by atoms with Gasteiger partial charge in [0.05, 0.1) is 40.2 Å². The van der Waals surface area contributed by atoms with Gasteiger partial charge in [-0.25, -0.2) is 13.6 Å². The molecule has 1 N–H and O–H groups in total. The summed E-state index contributed by atoms with van der Waals surface area (Å²) < 4.78 is 70.4. The fourth-order valence-corrected chi connectivity index (χ4v) is 2.32. The minimum atomic E-state index is -5.04. The van der Waals surface area contributed by atoms with Crippen molar-refractivity contribution in [1.29, 1.82) is 0 Å². The number of aldehydes is 1. The van der Waals surface area contributed by atoms with E-state index in [0.29, 0.717) is 12.1 Å². The van der Waals surface area contributed by atoms with Gasteiger partial charge in [0.2, 0.25) is 0 Å². The summed E-state index contributed by atoms with van der Waals surface area (Å²) in [5.41, 5.74) is -3.28. The Morgan fingerprint density at radius 1 is 1.15 bits per heavy atom. The first-order valence-corrected chi connectivity index (χ1v) is 7.17. The van der Waals surface area contributed by atoms with Gasteiger partial charge in [0, 0.05) is 0 Å². The van der Waals surface area contributed by atoms with Crippen LogP contribution in [0.5, 0.6) is 0 Å². The van der Waals surface area contributed by atoms with Crippen molar-refractivity contribution in [3.05, 3.63) is 57.6 Å². The van der Waals surface area contributed by atoms with Crippen LogP contribution in [-0.2, 0) is 10.9 Å². The summed E-state index contributed by atoms with van der Waals surface area (Å²) in [6.07, 6.45) is -4.86. The molecule has 10 heteroatoms. The van der Waals surface area contributed by atoms with Gasteiger partial charge in [-0.1, -0.05) is 11.6 Å². The zero-order valence-corrected chi connectivity index (χ0v) is 13.6. The van der Waals surface area contributed by atoms with Crippen LogP contribution >= 0.6 is 11.6 Å². The van der Waals surface area contributed by atoms with Gasteiger partial charge in [0.25, 0.3) is 0 Å². The molecule has 0 spiro atoms. The maximum absolute atomic E-state index is 13.7. The molecule has 0 amide bonds. The Morgan fingerprint density at radius 2 is 1.81 bits per heavy atom. The second-order valence-corrected chi connectivity index (χ2v) is 5.31. The van der Waals surface area contributed by atoms with Gasteiger partial charge in [-0.3, -0.25) is 4.79 Å². The van der Waals surface area contributed by atoms with E-state index in [2.05, 4.69) is 10.1 Å². The molecule has 138 valence electrons. The first-order valence-electron chi connectivity index (χ1n) is 6.79. The first-order chi connectivity index (χ1) is 12.1. The minimum absolute atomic E-state index is 0.180. The molecule has 0 fully saturated rings. The molecule has 0 unspecified atom stereocenters. The number of halogens is 6. The highest BCUT2D eigenvalue weighted by molar-refractivity contribution is 6.33. The smallest absolute Gasteiger partial charge is 0.419 e. The van der Waals surface area contributed by atoms with Gasteiger partial charge >= 0.3 is 12.1 Å². The fraction of sp³-hybridized carbons (Fsp3) is 0.125. The summed E-state index contributed by atoms with van der Waals surface area (Å²) in [4.78, 5) is 22.9. The minimum Gasteiger partial charge on any atom is -0.465 e. The molecule has 0 saturated heterocycles. The molecule has 0 saturated carbocycles. The molecular weight excluding hydrogens is 385 g/mol. The second-order valence-electron chi connectivity index (χ2n) is 4.93. The molecule has 2 aromatic carbocycles. The SMILES string of the molecule is COC(=O)c1cc(F)c(C(F)(F)F)cc1Nc1ccc(F)c(Cl)c1C=O. The third-order valence-corrected chi connectivity index (χ3v) is 3.72. The number of methoxy groups -OCH3 is 1. The molecule has 0 bridgehead atoms. The standard InChI is InChI=1S/C16H9ClF5NO3/c1-26-15(25)7-4-11(19)9(16(20,21)22)5-13(7)23-12-3-2-10(18)14(17)8(12)6-24/h2-6,23H,1H3. The number of ether oxygens (including phenoxy) is 1. The molecule has 0 heterocycles. The Hall–Kier alpha value is -2.68. The molecule has 26 heavy (non-hydrogen) atoms. The second kappa shape index (κ2) is 7.28. The van der Waals surface area contributed by atoms with Gasteiger partial charge in [0.1, 0.15) is 11.6 Å². The molecular formula is C16H9ClF5NO3. The van der Waals surface area contributed by atoms with Crippen LogP contribution in [0.25, 0.3) is 0 Å². The number of alkyl halides is 3. The summed E-state index contributed by atoms with van der Waals surface area (Å²) in [5, 5.41) is 1.80. The summed E-state index contributed by atoms with van der Waals surface area (Å²) in [6, 6.07) is 2.59. The molecule has 0 aliphatic rings. The Labute approximate surface area is 148 Å². The van der Waals surface area contributed by atoms with Crippen LogP contribution in [0.3, 0.4) is 0 Å². The maximum atomic E-state index is 13.7. The molecule has 0 aliphatic carbocycles. The van der Waals surface area contributed by atoms with Gasteiger partial charge in [0.15, 0.2) is 6.29 Å². The summed E-state index contributed by atoms with van der Waals surface area (Å²) in [5.74, 6) is -3.74. The quantitative estimate of drug-likeness (QED) is 0.452. The molecule has 4 nitrogen and oxygen atoms in total. The number of rotatable bonds is 4. The number of hydrogen-bond donors (Lipinski definition) is 1. The molecule has 2 rings (SSSR count). The van der Waals surface area contributed by atoms with Gasteiger partial charge in [-0.2, -0.15) is 13.2 Å². The van der Waals surface area contributed by atoms with Crippen LogP contribution in [0.2, 0.25) is 5.02 Å². The zero-order chi connectivity index (χ0) is 19.6. The van der Waals surface area contributed by atoms with E-state index in [1.165, 1.54) is 0 Å². The summed E-state index contributed by atoms with van der Waals surface area (Å²) in [6.45, 7) is 0.